The van der Waals surface area contributed by atoms with Crippen LogP contribution in [0, 0.1) is 0 Å². The first kappa shape index (κ1) is 23.5. The molecular formula is C22H16BrF3N4O4. The fourth-order valence-electron chi connectivity index (χ4n) is 3.34. The topological polar surface area (TPSA) is 113 Å². The molecule has 1 aliphatic rings. The molecule has 4 rings (SSSR count). The Labute approximate surface area is 199 Å². The number of nitrogens with zero attached hydrogens (tertiary/aromatic N) is 1. The molecule has 2 amide bonds. The van der Waals surface area contributed by atoms with E-state index in [1.165, 1.54) is 12.1 Å². The van der Waals surface area contributed by atoms with Crippen LogP contribution in [0.1, 0.15) is 16.1 Å². The predicted octanol–water partition coefficient (Wildman–Crippen LogP) is 3.79. The van der Waals surface area contributed by atoms with Gasteiger partial charge in [0.05, 0.1) is 11.3 Å². The van der Waals surface area contributed by atoms with E-state index < -0.39 is 23.1 Å². The number of nitrogens with one attached hydrogen (secondary N) is 3. The fraction of sp³-hybridized carbons (Fsp3) is 0.182. The maximum atomic E-state index is 12.3. The number of hydrogen-bond donors (Lipinski definition) is 3. The van der Waals surface area contributed by atoms with E-state index in [9.17, 15) is 27.6 Å². The summed E-state index contributed by atoms with van der Waals surface area (Å²) in [4.78, 5) is 42.5. The number of benzene rings is 1. The Morgan fingerprint density at radius 3 is 2.53 bits per heavy atom. The van der Waals surface area contributed by atoms with Gasteiger partial charge in [0.1, 0.15) is 0 Å². The first-order valence-electron chi connectivity index (χ1n) is 9.91. The van der Waals surface area contributed by atoms with Gasteiger partial charge in [-0.2, -0.15) is 13.2 Å². The number of halogens is 4. The van der Waals surface area contributed by atoms with E-state index in [1.54, 1.807) is 24.4 Å². The van der Waals surface area contributed by atoms with Crippen molar-refractivity contribution in [3.05, 3.63) is 59.9 Å². The number of ether oxygens (including phenoxy) is 1. The van der Waals surface area contributed by atoms with Crippen LogP contribution in [0.2, 0.25) is 0 Å². The first-order chi connectivity index (χ1) is 16.1. The maximum Gasteiger partial charge on any atom is 0.490 e. The number of amides is 2. The molecule has 1 atom stereocenters. The third kappa shape index (κ3) is 5.11. The van der Waals surface area contributed by atoms with Gasteiger partial charge in [0.25, 0.3) is 11.8 Å². The number of pyridine rings is 1. The molecule has 1 aromatic carbocycles. The molecule has 0 aliphatic carbocycles. The molecule has 8 nitrogen and oxygen atoms in total. The summed E-state index contributed by atoms with van der Waals surface area (Å²) in [6.45, 7) is 0.580. The van der Waals surface area contributed by atoms with Crippen molar-refractivity contribution in [2.75, 3.05) is 11.9 Å². The number of esters is 1. The number of H-pyrrole nitrogens is 1. The highest BCUT2D eigenvalue weighted by molar-refractivity contribution is 9.09. The van der Waals surface area contributed by atoms with E-state index in [4.69, 9.17) is 0 Å². The molecule has 34 heavy (non-hydrogen) atoms. The van der Waals surface area contributed by atoms with Crippen molar-refractivity contribution in [2.24, 2.45) is 0 Å². The summed E-state index contributed by atoms with van der Waals surface area (Å²) in [6.07, 6.45) is -2.86. The molecule has 3 heterocycles. The molecule has 3 N–H and O–H groups in total. The van der Waals surface area contributed by atoms with Gasteiger partial charge in [-0.25, -0.2) is 4.79 Å². The van der Waals surface area contributed by atoms with E-state index in [2.05, 4.69) is 41.3 Å². The number of anilines is 1. The molecule has 0 saturated carbocycles. The molecule has 2 aromatic heterocycles. The molecular weight excluding hydrogens is 521 g/mol. The first-order valence-corrected chi connectivity index (χ1v) is 10.8. The van der Waals surface area contributed by atoms with Crippen molar-refractivity contribution >= 4 is 39.4 Å². The molecule has 0 saturated heterocycles. The lowest BCUT2D eigenvalue weighted by Crippen LogP contribution is -2.33. The van der Waals surface area contributed by atoms with Crippen LogP contribution in [-0.4, -0.2) is 45.5 Å². The molecule has 1 unspecified atom stereocenters. The number of carbonyl (C=O) groups is 3. The maximum absolute atomic E-state index is 12.3. The summed E-state index contributed by atoms with van der Waals surface area (Å²) in [5, 5.41) is 3.34. The molecule has 0 bridgehead atoms. The monoisotopic (exact) mass is 536 g/mol. The molecule has 0 spiro atoms. The Morgan fingerprint density at radius 1 is 1.12 bits per heavy atom. The zero-order valence-corrected chi connectivity index (χ0v) is 18.8. The van der Waals surface area contributed by atoms with E-state index in [1.807, 2.05) is 12.1 Å². The second-order valence-corrected chi connectivity index (χ2v) is 8.13. The van der Waals surface area contributed by atoms with Gasteiger partial charge >= 0.3 is 12.1 Å². The summed E-state index contributed by atoms with van der Waals surface area (Å²) in [5.74, 6) is -3.57. The van der Waals surface area contributed by atoms with Gasteiger partial charge < -0.3 is 20.4 Å². The van der Waals surface area contributed by atoms with Crippen LogP contribution in [0.3, 0.4) is 0 Å². The van der Waals surface area contributed by atoms with Gasteiger partial charge in [0.2, 0.25) is 5.01 Å². The van der Waals surface area contributed by atoms with Gasteiger partial charge in [-0.15, -0.1) is 0 Å². The summed E-state index contributed by atoms with van der Waals surface area (Å²) in [6, 6.07) is 11.8. The van der Waals surface area contributed by atoms with Crippen LogP contribution in [-0.2, 0) is 20.7 Å². The van der Waals surface area contributed by atoms with Gasteiger partial charge in [0, 0.05) is 47.4 Å². The zero-order chi connectivity index (χ0) is 24.5. The minimum atomic E-state index is -5.21. The van der Waals surface area contributed by atoms with Crippen molar-refractivity contribution in [1.29, 1.82) is 0 Å². The average molecular weight is 537 g/mol. The largest absolute Gasteiger partial charge is 0.490 e. The molecule has 1 aliphatic heterocycles. The lowest BCUT2D eigenvalue weighted by atomic mass is 10.1. The number of rotatable bonds is 5. The van der Waals surface area contributed by atoms with Gasteiger partial charge in [0.15, 0.2) is 0 Å². The van der Waals surface area contributed by atoms with Crippen LogP contribution < -0.4 is 10.6 Å². The van der Waals surface area contributed by atoms with Crippen molar-refractivity contribution < 1.29 is 32.3 Å². The summed E-state index contributed by atoms with van der Waals surface area (Å²) in [5.41, 5.74) is 4.73. The second-order valence-electron chi connectivity index (χ2n) is 7.30. The molecule has 0 fully saturated rings. The fourth-order valence-corrected chi connectivity index (χ4v) is 3.63. The number of alkyl halides is 4. The van der Waals surface area contributed by atoms with Crippen LogP contribution in [0.4, 0.5) is 18.9 Å². The minimum absolute atomic E-state index is 0.116. The number of hydrogen-bond acceptors (Lipinski definition) is 5. The van der Waals surface area contributed by atoms with Gasteiger partial charge in [-0.05, 0) is 46.3 Å². The summed E-state index contributed by atoms with van der Waals surface area (Å²) < 4.78 is 40.8. The number of carbonyl (C=O) groups excluding carboxylic acids is 3. The average Bonchev–Trinajstić information content (AvgIpc) is 3.25. The Hall–Kier alpha value is -3.67. The van der Waals surface area contributed by atoms with E-state index >= 15 is 0 Å². The lowest BCUT2D eigenvalue weighted by molar-refractivity contribution is -0.200. The Morgan fingerprint density at radius 2 is 1.85 bits per heavy atom. The van der Waals surface area contributed by atoms with E-state index in [-0.39, 0.29) is 11.6 Å². The number of aromatic nitrogens is 2. The normalized spacial score (nSPS) is 14.1. The summed E-state index contributed by atoms with van der Waals surface area (Å²) >= 11 is 2.61. The highest BCUT2D eigenvalue weighted by Gasteiger charge is 2.43. The minimum Gasteiger partial charge on any atom is -0.434 e. The van der Waals surface area contributed by atoms with Crippen molar-refractivity contribution in [3.8, 4) is 22.5 Å². The van der Waals surface area contributed by atoms with Crippen LogP contribution in [0.15, 0.2) is 48.7 Å². The van der Waals surface area contributed by atoms with Crippen molar-refractivity contribution in [3.63, 3.8) is 0 Å². The van der Waals surface area contributed by atoms with Crippen LogP contribution in [0.5, 0.6) is 0 Å². The summed E-state index contributed by atoms with van der Waals surface area (Å²) in [7, 11) is 0. The van der Waals surface area contributed by atoms with E-state index in [0.29, 0.717) is 23.4 Å². The van der Waals surface area contributed by atoms with E-state index in [0.717, 1.165) is 23.4 Å². The van der Waals surface area contributed by atoms with Crippen molar-refractivity contribution in [1.82, 2.24) is 15.3 Å². The quantitative estimate of drug-likeness (QED) is 0.339. The third-order valence-electron chi connectivity index (χ3n) is 4.97. The highest BCUT2D eigenvalue weighted by atomic mass is 79.9. The Kier molecular flexibility index (Phi) is 6.42. The lowest BCUT2D eigenvalue weighted by Gasteiger charge is -2.13. The molecule has 3 aromatic rings. The Balaban J connectivity index is 1.46. The predicted molar refractivity (Wildman–Crippen MR) is 119 cm³/mol. The van der Waals surface area contributed by atoms with Gasteiger partial charge in [-0.3, -0.25) is 14.6 Å². The highest BCUT2D eigenvalue weighted by Crippen LogP contribution is 2.28. The Bertz CT molecular complexity index is 1260. The number of aromatic amines is 1. The molecule has 0 radical (unpaired) electrons. The zero-order valence-electron chi connectivity index (χ0n) is 17.2. The van der Waals surface area contributed by atoms with Gasteiger partial charge in [-0.1, -0.05) is 12.1 Å². The smallest absolute Gasteiger partial charge is 0.434 e. The second kappa shape index (κ2) is 9.29. The standard InChI is InChI=1S/C22H16BrF3N4O4/c23-18(34-21(33)22(24,25)26)20(32)29-13-3-1-11(2-4-13)16-9-12(5-7-27-16)17-10-14-15(30-17)6-8-28-19(14)31/h1-5,7,9-10,18,30H,6,8H2,(H,28,31)(H,29,32). The molecule has 12 heteroatoms. The molecule has 176 valence electrons. The van der Waals surface area contributed by atoms with Crippen molar-refractivity contribution in [2.45, 2.75) is 17.6 Å². The van der Waals surface area contributed by atoms with Crippen LogP contribution >= 0.6 is 15.9 Å². The number of fused-ring (bicyclic) bond motifs is 1. The van der Waals surface area contributed by atoms with Crippen LogP contribution in [0.25, 0.3) is 22.5 Å². The third-order valence-corrected chi connectivity index (χ3v) is 5.57. The SMILES string of the molecule is O=C1NCCc2[nH]c(-c3ccnc(-c4ccc(NC(=O)C(Br)OC(=O)C(F)(F)F)cc4)c3)cc21.